The standard InChI is InChI=1S/C14H11BrClN3/c1-8-2-3-9(6-11(8)15)13-14(17)19-7-10(16)4-5-12(19)18-13/h2-7H,17H2,1H3. The van der Waals surface area contributed by atoms with Gasteiger partial charge in [0.15, 0.2) is 0 Å². The van der Waals surface area contributed by atoms with E-state index in [1.54, 1.807) is 16.7 Å². The van der Waals surface area contributed by atoms with E-state index in [0.29, 0.717) is 10.8 Å². The third-order valence-corrected chi connectivity index (χ3v) is 4.14. The summed E-state index contributed by atoms with van der Waals surface area (Å²) >= 11 is 9.51. The van der Waals surface area contributed by atoms with Crippen molar-refractivity contribution in [1.29, 1.82) is 0 Å². The minimum absolute atomic E-state index is 0.591. The molecule has 0 spiro atoms. The first kappa shape index (κ1) is 12.5. The first-order valence-corrected chi connectivity index (χ1v) is 6.93. The maximum Gasteiger partial charge on any atom is 0.139 e. The molecule has 1 aromatic carbocycles. The number of hydrogen-bond donors (Lipinski definition) is 1. The van der Waals surface area contributed by atoms with Crippen LogP contribution in [0.15, 0.2) is 41.0 Å². The zero-order valence-electron chi connectivity index (χ0n) is 10.2. The smallest absolute Gasteiger partial charge is 0.139 e. The molecule has 2 aromatic heterocycles. The second-order valence-electron chi connectivity index (χ2n) is 4.39. The first-order valence-electron chi connectivity index (χ1n) is 5.76. The highest BCUT2D eigenvalue weighted by Gasteiger charge is 2.12. The van der Waals surface area contributed by atoms with Gasteiger partial charge in [0.1, 0.15) is 17.2 Å². The van der Waals surface area contributed by atoms with Gasteiger partial charge in [-0.25, -0.2) is 4.98 Å². The Morgan fingerprint density at radius 1 is 1.26 bits per heavy atom. The predicted octanol–water partition coefficient (Wildman–Crippen LogP) is 4.31. The minimum atomic E-state index is 0.591. The van der Waals surface area contributed by atoms with Gasteiger partial charge in [-0.1, -0.05) is 39.7 Å². The lowest BCUT2D eigenvalue weighted by molar-refractivity contribution is 1.20. The summed E-state index contributed by atoms with van der Waals surface area (Å²) < 4.78 is 2.84. The normalized spacial score (nSPS) is 11.1. The average Bonchev–Trinajstić information content (AvgIpc) is 2.70. The van der Waals surface area contributed by atoms with Crippen LogP contribution in [0.5, 0.6) is 0 Å². The number of halogens is 2. The number of aryl methyl sites for hydroxylation is 1. The van der Waals surface area contributed by atoms with Gasteiger partial charge < -0.3 is 5.73 Å². The van der Waals surface area contributed by atoms with E-state index in [0.717, 1.165) is 21.4 Å². The van der Waals surface area contributed by atoms with Crippen LogP contribution >= 0.6 is 27.5 Å². The number of hydrogen-bond acceptors (Lipinski definition) is 2. The highest BCUT2D eigenvalue weighted by atomic mass is 79.9. The molecule has 0 bridgehead atoms. The van der Waals surface area contributed by atoms with Crippen LogP contribution in [0, 0.1) is 6.92 Å². The summed E-state index contributed by atoms with van der Waals surface area (Å²) in [6.07, 6.45) is 1.77. The maximum absolute atomic E-state index is 6.15. The summed E-state index contributed by atoms with van der Waals surface area (Å²) in [5.74, 6) is 0.591. The topological polar surface area (TPSA) is 43.3 Å². The molecule has 5 heteroatoms. The van der Waals surface area contributed by atoms with Crippen molar-refractivity contribution in [3.05, 3.63) is 51.6 Å². The molecule has 0 saturated carbocycles. The van der Waals surface area contributed by atoms with Crippen molar-refractivity contribution in [2.75, 3.05) is 5.73 Å². The van der Waals surface area contributed by atoms with Gasteiger partial charge in [-0.2, -0.15) is 0 Å². The summed E-state index contributed by atoms with van der Waals surface area (Å²) in [5, 5.41) is 0.633. The van der Waals surface area contributed by atoms with Gasteiger partial charge in [-0.15, -0.1) is 0 Å². The summed E-state index contributed by atoms with van der Waals surface area (Å²) in [5.41, 5.74) is 9.86. The molecule has 0 amide bonds. The Balaban J connectivity index is 2.24. The average molecular weight is 337 g/mol. The van der Waals surface area contributed by atoms with Gasteiger partial charge in [0, 0.05) is 16.2 Å². The van der Waals surface area contributed by atoms with Crippen LogP contribution < -0.4 is 5.73 Å². The van der Waals surface area contributed by atoms with Crippen molar-refractivity contribution in [1.82, 2.24) is 9.38 Å². The lowest BCUT2D eigenvalue weighted by atomic mass is 10.1. The molecule has 3 nitrogen and oxygen atoms in total. The number of imidazole rings is 1. The molecule has 2 heterocycles. The number of aromatic nitrogens is 2. The van der Waals surface area contributed by atoms with Crippen molar-refractivity contribution < 1.29 is 0 Å². The Labute approximate surface area is 124 Å². The van der Waals surface area contributed by atoms with Crippen LogP contribution in [0.2, 0.25) is 5.02 Å². The van der Waals surface area contributed by atoms with Crippen LogP contribution in [-0.4, -0.2) is 9.38 Å². The van der Waals surface area contributed by atoms with E-state index in [1.165, 1.54) is 5.56 Å². The highest BCUT2D eigenvalue weighted by Crippen LogP contribution is 2.30. The van der Waals surface area contributed by atoms with Gasteiger partial charge in [0.05, 0.1) is 5.02 Å². The Bertz CT molecular complexity index is 780. The number of nitrogens with two attached hydrogens (primary N) is 1. The van der Waals surface area contributed by atoms with Crippen LogP contribution in [0.3, 0.4) is 0 Å². The fraction of sp³-hybridized carbons (Fsp3) is 0.0714. The molecular formula is C14H11BrClN3. The zero-order chi connectivity index (χ0) is 13.6. The maximum atomic E-state index is 6.15. The number of benzene rings is 1. The summed E-state index contributed by atoms with van der Waals surface area (Å²) in [4.78, 5) is 4.55. The number of nitrogen functional groups attached to an aromatic ring is 1. The van der Waals surface area contributed by atoms with E-state index in [1.807, 2.05) is 31.2 Å². The Morgan fingerprint density at radius 2 is 2.05 bits per heavy atom. The number of rotatable bonds is 1. The molecule has 3 aromatic rings. The SMILES string of the molecule is Cc1ccc(-c2nc3ccc(Cl)cn3c2N)cc1Br. The van der Waals surface area contributed by atoms with Crippen LogP contribution in [0.25, 0.3) is 16.9 Å². The minimum Gasteiger partial charge on any atom is -0.383 e. The Hall–Kier alpha value is -1.52. The van der Waals surface area contributed by atoms with Crippen molar-refractivity contribution >= 4 is 39.0 Å². The van der Waals surface area contributed by atoms with E-state index >= 15 is 0 Å². The third-order valence-electron chi connectivity index (χ3n) is 3.06. The summed E-state index contributed by atoms with van der Waals surface area (Å²) in [6, 6.07) is 9.73. The molecule has 0 fully saturated rings. The summed E-state index contributed by atoms with van der Waals surface area (Å²) in [6.45, 7) is 2.04. The van der Waals surface area contributed by atoms with Crippen molar-refractivity contribution in [3.63, 3.8) is 0 Å². The second-order valence-corrected chi connectivity index (χ2v) is 5.68. The number of anilines is 1. The molecule has 0 atom stereocenters. The van der Waals surface area contributed by atoms with Crippen molar-refractivity contribution in [2.24, 2.45) is 0 Å². The number of fused-ring (bicyclic) bond motifs is 1. The van der Waals surface area contributed by atoms with Gasteiger partial charge >= 0.3 is 0 Å². The quantitative estimate of drug-likeness (QED) is 0.719. The second kappa shape index (κ2) is 4.54. The lowest BCUT2D eigenvalue weighted by Gasteiger charge is -2.02. The van der Waals surface area contributed by atoms with E-state index in [9.17, 15) is 0 Å². The van der Waals surface area contributed by atoms with Gasteiger partial charge in [-0.05, 0) is 30.7 Å². The van der Waals surface area contributed by atoms with Crippen molar-refractivity contribution in [3.8, 4) is 11.3 Å². The zero-order valence-corrected chi connectivity index (χ0v) is 12.5. The van der Waals surface area contributed by atoms with E-state index < -0.39 is 0 Å². The molecular weight excluding hydrogens is 326 g/mol. The van der Waals surface area contributed by atoms with Crippen molar-refractivity contribution in [2.45, 2.75) is 6.92 Å². The van der Waals surface area contributed by atoms with Crippen LogP contribution in [0.4, 0.5) is 5.82 Å². The predicted molar refractivity (Wildman–Crippen MR) is 82.5 cm³/mol. The van der Waals surface area contributed by atoms with E-state index in [2.05, 4.69) is 20.9 Å². The molecule has 0 saturated heterocycles. The van der Waals surface area contributed by atoms with Crippen LogP contribution in [-0.2, 0) is 0 Å². The molecule has 0 unspecified atom stereocenters. The van der Waals surface area contributed by atoms with E-state index in [-0.39, 0.29) is 0 Å². The molecule has 0 aliphatic carbocycles. The Morgan fingerprint density at radius 3 is 2.79 bits per heavy atom. The van der Waals surface area contributed by atoms with E-state index in [4.69, 9.17) is 17.3 Å². The fourth-order valence-corrected chi connectivity index (χ4v) is 2.53. The first-order chi connectivity index (χ1) is 9.06. The van der Waals surface area contributed by atoms with Gasteiger partial charge in [0.2, 0.25) is 0 Å². The molecule has 0 radical (unpaired) electrons. The fourth-order valence-electron chi connectivity index (χ4n) is 1.99. The number of pyridine rings is 1. The van der Waals surface area contributed by atoms with Gasteiger partial charge in [0.25, 0.3) is 0 Å². The third kappa shape index (κ3) is 2.11. The largest absolute Gasteiger partial charge is 0.383 e. The Kier molecular flexibility index (Phi) is 2.99. The summed E-state index contributed by atoms with van der Waals surface area (Å²) in [7, 11) is 0. The van der Waals surface area contributed by atoms with Crippen LogP contribution in [0.1, 0.15) is 5.56 Å². The molecule has 96 valence electrons. The highest BCUT2D eigenvalue weighted by molar-refractivity contribution is 9.10. The molecule has 2 N–H and O–H groups in total. The lowest BCUT2D eigenvalue weighted by Crippen LogP contribution is -1.94. The van der Waals surface area contributed by atoms with Gasteiger partial charge in [-0.3, -0.25) is 4.40 Å². The molecule has 3 rings (SSSR count). The molecule has 0 aliphatic heterocycles. The molecule has 0 aliphatic rings. The monoisotopic (exact) mass is 335 g/mol. The number of nitrogens with zero attached hydrogens (tertiary/aromatic N) is 2. The molecule has 19 heavy (non-hydrogen) atoms.